The predicted octanol–water partition coefficient (Wildman–Crippen LogP) is 0.592. The lowest BCUT2D eigenvalue weighted by Gasteiger charge is -2.21. The Labute approximate surface area is 79.3 Å². The van der Waals surface area contributed by atoms with Crippen molar-refractivity contribution >= 4 is 5.91 Å². The van der Waals surface area contributed by atoms with E-state index >= 15 is 0 Å². The zero-order valence-electron chi connectivity index (χ0n) is 8.42. The normalized spacial score (nSPS) is 32.2. The summed E-state index contributed by atoms with van der Waals surface area (Å²) in [6.45, 7) is 5.86. The molecular weight excluding hydrogens is 164 g/mol. The Morgan fingerprint density at radius 2 is 2.08 bits per heavy atom. The van der Waals surface area contributed by atoms with Crippen LogP contribution in [0.15, 0.2) is 0 Å². The van der Waals surface area contributed by atoms with E-state index in [0.29, 0.717) is 11.8 Å². The van der Waals surface area contributed by atoms with Crippen LogP contribution in [0.1, 0.15) is 26.7 Å². The van der Waals surface area contributed by atoms with Crippen molar-refractivity contribution in [3.8, 4) is 0 Å². The number of carbonyl (C=O) groups excluding carboxylic acids is 1. The molecule has 0 spiro atoms. The summed E-state index contributed by atoms with van der Waals surface area (Å²) >= 11 is 0. The van der Waals surface area contributed by atoms with Gasteiger partial charge in [0.15, 0.2) is 0 Å². The second-order valence-electron chi connectivity index (χ2n) is 5.09. The van der Waals surface area contributed by atoms with Crippen molar-refractivity contribution in [1.29, 1.82) is 0 Å². The highest BCUT2D eigenvalue weighted by atomic mass is 16.2. The van der Waals surface area contributed by atoms with Crippen LogP contribution in [0.5, 0.6) is 0 Å². The van der Waals surface area contributed by atoms with Crippen LogP contribution in [0.25, 0.3) is 0 Å². The van der Waals surface area contributed by atoms with E-state index in [1.807, 2.05) is 4.90 Å². The van der Waals surface area contributed by atoms with Gasteiger partial charge in [-0.2, -0.15) is 0 Å². The molecule has 1 saturated heterocycles. The van der Waals surface area contributed by atoms with E-state index in [1.165, 1.54) is 0 Å². The first-order chi connectivity index (χ1) is 6.00. The van der Waals surface area contributed by atoms with Crippen LogP contribution in [0.3, 0.4) is 0 Å². The van der Waals surface area contributed by atoms with Crippen molar-refractivity contribution in [2.24, 2.45) is 17.1 Å². The first-order valence-electron chi connectivity index (χ1n) is 5.05. The van der Waals surface area contributed by atoms with E-state index < -0.39 is 0 Å². The lowest BCUT2D eigenvalue weighted by Crippen LogP contribution is -2.35. The van der Waals surface area contributed by atoms with Crippen LogP contribution in [0.4, 0.5) is 0 Å². The maximum Gasteiger partial charge on any atom is 0.225 e. The molecule has 0 aromatic rings. The topological polar surface area (TPSA) is 46.3 Å². The molecule has 3 nitrogen and oxygen atoms in total. The van der Waals surface area contributed by atoms with Gasteiger partial charge in [0.1, 0.15) is 0 Å². The SMILES string of the molecule is CC1(C)CN(C(=O)C2CC2)C[C@@H]1N. The van der Waals surface area contributed by atoms with Crippen LogP contribution < -0.4 is 5.73 Å². The molecular formula is C10H18N2O. The van der Waals surface area contributed by atoms with Crippen molar-refractivity contribution in [3.05, 3.63) is 0 Å². The lowest BCUT2D eigenvalue weighted by molar-refractivity contribution is -0.131. The molecule has 2 fully saturated rings. The van der Waals surface area contributed by atoms with Gasteiger partial charge in [-0.15, -0.1) is 0 Å². The monoisotopic (exact) mass is 182 g/mol. The highest BCUT2D eigenvalue weighted by Gasteiger charge is 2.42. The van der Waals surface area contributed by atoms with Gasteiger partial charge in [0.2, 0.25) is 5.91 Å². The largest absolute Gasteiger partial charge is 0.340 e. The molecule has 1 saturated carbocycles. The molecule has 2 aliphatic rings. The van der Waals surface area contributed by atoms with Crippen LogP contribution in [0, 0.1) is 11.3 Å². The Balaban J connectivity index is 2.00. The highest BCUT2D eigenvalue weighted by molar-refractivity contribution is 5.81. The first kappa shape index (κ1) is 9.00. The first-order valence-corrected chi connectivity index (χ1v) is 5.05. The molecule has 0 aromatic carbocycles. The van der Waals surface area contributed by atoms with E-state index in [9.17, 15) is 4.79 Å². The Morgan fingerprint density at radius 1 is 1.46 bits per heavy atom. The maximum absolute atomic E-state index is 11.7. The summed E-state index contributed by atoms with van der Waals surface area (Å²) in [4.78, 5) is 13.7. The fourth-order valence-corrected chi connectivity index (χ4v) is 1.91. The molecule has 2 N–H and O–H groups in total. The smallest absolute Gasteiger partial charge is 0.225 e. The van der Waals surface area contributed by atoms with Gasteiger partial charge in [0.25, 0.3) is 0 Å². The Bertz CT molecular complexity index is 233. The summed E-state index contributed by atoms with van der Waals surface area (Å²) in [6.07, 6.45) is 2.18. The van der Waals surface area contributed by atoms with Gasteiger partial charge in [0.05, 0.1) is 0 Å². The van der Waals surface area contributed by atoms with Gasteiger partial charge in [-0.3, -0.25) is 4.79 Å². The third-order valence-electron chi connectivity index (χ3n) is 3.26. The van der Waals surface area contributed by atoms with Gasteiger partial charge < -0.3 is 10.6 Å². The number of nitrogens with two attached hydrogens (primary N) is 1. The number of hydrogen-bond donors (Lipinski definition) is 1. The van der Waals surface area contributed by atoms with Gasteiger partial charge in [0, 0.05) is 25.0 Å². The molecule has 0 aromatic heterocycles. The van der Waals surface area contributed by atoms with Crippen molar-refractivity contribution in [3.63, 3.8) is 0 Å². The van der Waals surface area contributed by atoms with E-state index in [-0.39, 0.29) is 11.5 Å². The van der Waals surface area contributed by atoms with Crippen molar-refractivity contribution in [2.45, 2.75) is 32.7 Å². The molecule has 1 atom stereocenters. The number of likely N-dealkylation sites (tertiary alicyclic amines) is 1. The van der Waals surface area contributed by atoms with Crippen molar-refractivity contribution < 1.29 is 4.79 Å². The highest BCUT2D eigenvalue weighted by Crippen LogP contribution is 2.35. The third kappa shape index (κ3) is 1.57. The van der Waals surface area contributed by atoms with Gasteiger partial charge >= 0.3 is 0 Å². The molecule has 1 heterocycles. The Hall–Kier alpha value is -0.570. The van der Waals surface area contributed by atoms with Gasteiger partial charge in [-0.25, -0.2) is 0 Å². The van der Waals surface area contributed by atoms with Gasteiger partial charge in [-0.1, -0.05) is 13.8 Å². The standard InChI is InChI=1S/C10H18N2O/c1-10(2)6-12(5-8(10)11)9(13)7-3-4-7/h7-8H,3-6,11H2,1-2H3/t8-/m0/s1. The second kappa shape index (κ2) is 2.71. The average Bonchev–Trinajstić information content (AvgIpc) is 2.80. The molecule has 74 valence electrons. The summed E-state index contributed by atoms with van der Waals surface area (Å²) in [6, 6.07) is 0.148. The number of carbonyl (C=O) groups is 1. The maximum atomic E-state index is 11.7. The number of rotatable bonds is 1. The molecule has 1 aliphatic carbocycles. The quantitative estimate of drug-likeness (QED) is 0.645. The fraction of sp³-hybridized carbons (Fsp3) is 0.900. The van der Waals surface area contributed by atoms with E-state index in [2.05, 4.69) is 13.8 Å². The minimum Gasteiger partial charge on any atom is -0.340 e. The fourth-order valence-electron chi connectivity index (χ4n) is 1.91. The van der Waals surface area contributed by atoms with Crippen molar-refractivity contribution in [2.75, 3.05) is 13.1 Å². The second-order valence-corrected chi connectivity index (χ2v) is 5.09. The molecule has 0 unspecified atom stereocenters. The summed E-state index contributed by atoms with van der Waals surface area (Å²) < 4.78 is 0. The van der Waals surface area contributed by atoms with Crippen LogP contribution in [-0.2, 0) is 4.79 Å². The van der Waals surface area contributed by atoms with Crippen molar-refractivity contribution in [1.82, 2.24) is 4.90 Å². The molecule has 13 heavy (non-hydrogen) atoms. The molecule has 0 radical (unpaired) electrons. The zero-order chi connectivity index (χ0) is 9.64. The number of nitrogens with zero attached hydrogens (tertiary/aromatic N) is 1. The molecule has 2 rings (SSSR count). The molecule has 1 amide bonds. The zero-order valence-corrected chi connectivity index (χ0v) is 8.42. The molecule has 0 bridgehead atoms. The van der Waals surface area contributed by atoms with E-state index in [0.717, 1.165) is 25.9 Å². The minimum absolute atomic E-state index is 0.102. The van der Waals surface area contributed by atoms with Crippen LogP contribution >= 0.6 is 0 Å². The lowest BCUT2D eigenvalue weighted by atomic mass is 9.89. The summed E-state index contributed by atoms with van der Waals surface area (Å²) in [5, 5.41) is 0. The average molecular weight is 182 g/mol. The third-order valence-corrected chi connectivity index (χ3v) is 3.26. The summed E-state index contributed by atoms with van der Waals surface area (Å²) in [7, 11) is 0. The summed E-state index contributed by atoms with van der Waals surface area (Å²) in [5.74, 6) is 0.669. The Kier molecular flexibility index (Phi) is 1.88. The Morgan fingerprint density at radius 3 is 2.46 bits per heavy atom. The van der Waals surface area contributed by atoms with E-state index in [1.54, 1.807) is 0 Å². The molecule has 1 aliphatic heterocycles. The minimum atomic E-state index is 0.102. The van der Waals surface area contributed by atoms with Crippen LogP contribution in [0.2, 0.25) is 0 Å². The van der Waals surface area contributed by atoms with Gasteiger partial charge in [-0.05, 0) is 18.3 Å². The number of amides is 1. The summed E-state index contributed by atoms with van der Waals surface area (Å²) in [5.41, 5.74) is 6.07. The predicted molar refractivity (Wildman–Crippen MR) is 51.1 cm³/mol. The molecule has 3 heteroatoms. The number of hydrogen-bond acceptors (Lipinski definition) is 2. The van der Waals surface area contributed by atoms with E-state index in [4.69, 9.17) is 5.73 Å². The van der Waals surface area contributed by atoms with Crippen LogP contribution in [-0.4, -0.2) is 29.9 Å².